The summed E-state index contributed by atoms with van der Waals surface area (Å²) in [5.41, 5.74) is 4.02. The molecular formula is C16H14BrNOS. The quantitative estimate of drug-likeness (QED) is 0.725. The fourth-order valence-corrected chi connectivity index (χ4v) is 3.78. The predicted octanol–water partition coefficient (Wildman–Crippen LogP) is 4.76. The van der Waals surface area contributed by atoms with Crippen molar-refractivity contribution in [3.8, 4) is 0 Å². The first-order valence-corrected chi connectivity index (χ1v) is 7.97. The Morgan fingerprint density at radius 3 is 2.65 bits per heavy atom. The van der Waals surface area contributed by atoms with Crippen LogP contribution < -0.4 is 0 Å². The van der Waals surface area contributed by atoms with Gasteiger partial charge >= 0.3 is 0 Å². The van der Waals surface area contributed by atoms with Crippen LogP contribution in [0.3, 0.4) is 0 Å². The highest BCUT2D eigenvalue weighted by molar-refractivity contribution is 9.11. The standard InChI is InChI=1S/C16H14BrNOS/c1-9-7-14(20-16(9)17)15(19)12-5-6-13-11(8-12)4-3-10(2)18-13/h3-8,15,19H,1-2H3. The topological polar surface area (TPSA) is 33.1 Å². The summed E-state index contributed by atoms with van der Waals surface area (Å²) in [5.74, 6) is 0. The predicted molar refractivity (Wildman–Crippen MR) is 87.3 cm³/mol. The monoisotopic (exact) mass is 347 g/mol. The molecule has 20 heavy (non-hydrogen) atoms. The third-order valence-electron chi connectivity index (χ3n) is 3.31. The van der Waals surface area contributed by atoms with Crippen LogP contribution in [0.1, 0.15) is 27.8 Å². The van der Waals surface area contributed by atoms with Gasteiger partial charge in [0.15, 0.2) is 0 Å². The van der Waals surface area contributed by atoms with Gasteiger partial charge in [-0.25, -0.2) is 0 Å². The molecular weight excluding hydrogens is 334 g/mol. The lowest BCUT2D eigenvalue weighted by Crippen LogP contribution is -1.97. The van der Waals surface area contributed by atoms with Crippen molar-refractivity contribution in [1.29, 1.82) is 0 Å². The van der Waals surface area contributed by atoms with Crippen molar-refractivity contribution < 1.29 is 5.11 Å². The minimum absolute atomic E-state index is 0.587. The number of thiophene rings is 1. The lowest BCUT2D eigenvalue weighted by molar-refractivity contribution is 0.224. The number of aliphatic hydroxyl groups is 1. The van der Waals surface area contributed by atoms with Crippen molar-refractivity contribution in [2.45, 2.75) is 20.0 Å². The molecule has 2 nitrogen and oxygen atoms in total. The Morgan fingerprint density at radius 2 is 1.95 bits per heavy atom. The molecule has 0 saturated carbocycles. The largest absolute Gasteiger partial charge is 0.383 e. The Balaban J connectivity index is 2.03. The van der Waals surface area contributed by atoms with E-state index in [4.69, 9.17) is 0 Å². The summed E-state index contributed by atoms with van der Waals surface area (Å²) in [6.45, 7) is 4.01. The molecule has 1 aromatic carbocycles. The molecule has 4 heteroatoms. The maximum absolute atomic E-state index is 10.5. The van der Waals surface area contributed by atoms with Gasteiger partial charge in [-0.2, -0.15) is 0 Å². The van der Waals surface area contributed by atoms with E-state index in [1.54, 1.807) is 11.3 Å². The van der Waals surface area contributed by atoms with E-state index in [2.05, 4.69) is 20.9 Å². The van der Waals surface area contributed by atoms with E-state index in [0.29, 0.717) is 0 Å². The number of halogens is 1. The van der Waals surface area contributed by atoms with Crippen molar-refractivity contribution >= 4 is 38.2 Å². The number of aliphatic hydroxyl groups excluding tert-OH is 1. The summed E-state index contributed by atoms with van der Waals surface area (Å²) in [4.78, 5) is 5.43. The molecule has 0 fully saturated rings. The van der Waals surface area contributed by atoms with E-state index in [-0.39, 0.29) is 0 Å². The molecule has 0 aliphatic carbocycles. The zero-order valence-corrected chi connectivity index (χ0v) is 13.6. The first-order chi connectivity index (χ1) is 9.54. The van der Waals surface area contributed by atoms with E-state index in [9.17, 15) is 5.11 Å². The highest BCUT2D eigenvalue weighted by Gasteiger charge is 2.15. The van der Waals surface area contributed by atoms with Crippen LogP contribution in [0.4, 0.5) is 0 Å². The minimum atomic E-state index is -0.587. The molecule has 2 aromatic heterocycles. The molecule has 3 aromatic rings. The van der Waals surface area contributed by atoms with Gasteiger partial charge in [0, 0.05) is 16.0 Å². The number of hydrogen-bond donors (Lipinski definition) is 1. The fourth-order valence-electron chi connectivity index (χ4n) is 2.20. The van der Waals surface area contributed by atoms with Gasteiger partial charge in [0.05, 0.1) is 9.30 Å². The number of benzene rings is 1. The Kier molecular flexibility index (Phi) is 3.63. The van der Waals surface area contributed by atoms with Crippen molar-refractivity contribution in [1.82, 2.24) is 4.98 Å². The highest BCUT2D eigenvalue weighted by atomic mass is 79.9. The van der Waals surface area contributed by atoms with Crippen LogP contribution in [-0.4, -0.2) is 10.1 Å². The maximum Gasteiger partial charge on any atom is 0.113 e. The molecule has 0 amide bonds. The van der Waals surface area contributed by atoms with Gasteiger partial charge in [0.25, 0.3) is 0 Å². The summed E-state index contributed by atoms with van der Waals surface area (Å²) < 4.78 is 1.07. The molecule has 102 valence electrons. The van der Waals surface area contributed by atoms with E-state index >= 15 is 0 Å². The summed E-state index contributed by atoms with van der Waals surface area (Å²) in [5, 5.41) is 11.6. The third kappa shape index (κ3) is 2.51. The van der Waals surface area contributed by atoms with Gasteiger partial charge in [-0.1, -0.05) is 12.1 Å². The summed E-state index contributed by atoms with van der Waals surface area (Å²) in [6.07, 6.45) is -0.587. The molecule has 0 spiro atoms. The van der Waals surface area contributed by atoms with Crippen LogP contribution in [0.25, 0.3) is 10.9 Å². The average molecular weight is 348 g/mol. The second-order valence-electron chi connectivity index (χ2n) is 4.91. The van der Waals surface area contributed by atoms with Gasteiger partial charge in [-0.3, -0.25) is 4.98 Å². The summed E-state index contributed by atoms with van der Waals surface area (Å²) in [7, 11) is 0. The lowest BCUT2D eigenvalue weighted by Gasteiger charge is -2.10. The van der Waals surface area contributed by atoms with Gasteiger partial charge in [-0.15, -0.1) is 11.3 Å². The van der Waals surface area contributed by atoms with E-state index in [0.717, 1.165) is 36.4 Å². The zero-order valence-electron chi connectivity index (χ0n) is 11.2. The summed E-state index contributed by atoms with van der Waals surface area (Å²) >= 11 is 5.08. The first kappa shape index (κ1) is 13.7. The van der Waals surface area contributed by atoms with Crippen LogP contribution in [0.5, 0.6) is 0 Å². The molecule has 0 radical (unpaired) electrons. The number of aryl methyl sites for hydroxylation is 2. The molecule has 2 heterocycles. The van der Waals surface area contributed by atoms with E-state index < -0.39 is 6.10 Å². The third-order valence-corrected chi connectivity index (χ3v) is 5.50. The van der Waals surface area contributed by atoms with Gasteiger partial charge in [0.1, 0.15) is 6.10 Å². The first-order valence-electron chi connectivity index (χ1n) is 6.36. The van der Waals surface area contributed by atoms with Gasteiger partial charge < -0.3 is 5.11 Å². The molecule has 0 aliphatic rings. The second kappa shape index (κ2) is 5.28. The van der Waals surface area contributed by atoms with E-state index in [1.807, 2.05) is 50.2 Å². The fraction of sp³-hybridized carbons (Fsp3) is 0.188. The van der Waals surface area contributed by atoms with Gasteiger partial charge in [-0.05, 0) is 65.2 Å². The van der Waals surface area contributed by atoms with Crippen LogP contribution in [0.2, 0.25) is 0 Å². The van der Waals surface area contributed by atoms with Crippen molar-refractivity contribution in [2.75, 3.05) is 0 Å². The number of nitrogens with zero attached hydrogens (tertiary/aromatic N) is 1. The van der Waals surface area contributed by atoms with E-state index in [1.165, 1.54) is 0 Å². The second-order valence-corrected chi connectivity index (χ2v) is 7.31. The number of rotatable bonds is 2. The Hall–Kier alpha value is -1.23. The molecule has 1 unspecified atom stereocenters. The number of fused-ring (bicyclic) bond motifs is 1. The van der Waals surface area contributed by atoms with Crippen molar-refractivity contribution in [3.63, 3.8) is 0 Å². The zero-order chi connectivity index (χ0) is 14.3. The van der Waals surface area contributed by atoms with Crippen LogP contribution in [0, 0.1) is 13.8 Å². The van der Waals surface area contributed by atoms with Crippen molar-refractivity contribution in [3.05, 3.63) is 61.9 Å². The molecule has 0 bridgehead atoms. The molecule has 0 aliphatic heterocycles. The number of pyridine rings is 1. The molecule has 0 saturated heterocycles. The molecule has 3 rings (SSSR count). The van der Waals surface area contributed by atoms with Crippen LogP contribution in [-0.2, 0) is 0 Å². The Bertz CT molecular complexity index is 762. The summed E-state index contributed by atoms with van der Waals surface area (Å²) in [6, 6.07) is 12.0. The highest BCUT2D eigenvalue weighted by Crippen LogP contribution is 2.34. The number of hydrogen-bond acceptors (Lipinski definition) is 3. The van der Waals surface area contributed by atoms with Gasteiger partial charge in [0.2, 0.25) is 0 Å². The number of aromatic nitrogens is 1. The Morgan fingerprint density at radius 1 is 1.15 bits per heavy atom. The van der Waals surface area contributed by atoms with Crippen molar-refractivity contribution in [2.24, 2.45) is 0 Å². The Labute approximate surface area is 130 Å². The smallest absolute Gasteiger partial charge is 0.113 e. The molecule has 1 atom stereocenters. The maximum atomic E-state index is 10.5. The normalized spacial score (nSPS) is 12.8. The minimum Gasteiger partial charge on any atom is -0.383 e. The molecule has 1 N–H and O–H groups in total. The van der Waals surface area contributed by atoms with Crippen LogP contribution >= 0.6 is 27.3 Å². The SMILES string of the molecule is Cc1ccc2cc(C(O)c3cc(C)c(Br)s3)ccc2n1. The van der Waals surface area contributed by atoms with Crippen LogP contribution in [0.15, 0.2) is 40.2 Å². The lowest BCUT2D eigenvalue weighted by atomic mass is 10.0. The average Bonchev–Trinajstić information content (AvgIpc) is 2.77.